The van der Waals surface area contributed by atoms with Crippen LogP contribution in [0.15, 0.2) is 6.20 Å². The summed E-state index contributed by atoms with van der Waals surface area (Å²) in [4.78, 5) is 0. The third-order valence-corrected chi connectivity index (χ3v) is 1.92. The van der Waals surface area contributed by atoms with Crippen molar-refractivity contribution in [3.63, 3.8) is 0 Å². The molecule has 0 saturated heterocycles. The Morgan fingerprint density at radius 3 is 2.55 bits per heavy atom. The van der Waals surface area contributed by atoms with Crippen LogP contribution in [0.2, 0.25) is 0 Å². The molecular weight excluding hydrogens is 136 g/mol. The molecule has 1 aromatic rings. The molecule has 0 saturated carbocycles. The van der Waals surface area contributed by atoms with E-state index in [0.717, 1.165) is 6.54 Å². The molecule has 0 aromatic carbocycles. The van der Waals surface area contributed by atoms with E-state index in [-0.39, 0.29) is 0 Å². The first-order chi connectivity index (χ1) is 5.16. The van der Waals surface area contributed by atoms with Crippen LogP contribution in [-0.2, 0) is 6.54 Å². The quantitative estimate of drug-likeness (QED) is 0.636. The smallest absolute Gasteiger partial charge is 0.0521 e. The second-order valence-corrected chi connectivity index (χ2v) is 3.18. The van der Waals surface area contributed by atoms with Crippen molar-refractivity contribution < 1.29 is 0 Å². The van der Waals surface area contributed by atoms with Crippen molar-refractivity contribution in [1.82, 2.24) is 9.78 Å². The Labute approximate surface area is 68.2 Å². The predicted molar refractivity (Wildman–Crippen MR) is 46.7 cm³/mol. The largest absolute Gasteiger partial charge is 0.269 e. The summed E-state index contributed by atoms with van der Waals surface area (Å²) in [5.41, 5.74) is 2.68. The molecule has 2 heteroatoms. The Morgan fingerprint density at radius 2 is 2.18 bits per heavy atom. The first-order valence-corrected chi connectivity index (χ1v) is 4.19. The molecular formula is C9H16N2. The molecule has 2 nitrogen and oxygen atoms in total. The molecule has 0 bridgehead atoms. The minimum absolute atomic E-state index is 0.581. The highest BCUT2D eigenvalue weighted by molar-refractivity contribution is 5.18. The van der Waals surface area contributed by atoms with Crippen LogP contribution < -0.4 is 0 Å². The molecule has 0 spiro atoms. The van der Waals surface area contributed by atoms with Crippen molar-refractivity contribution in [2.45, 2.75) is 40.2 Å². The molecule has 11 heavy (non-hydrogen) atoms. The second kappa shape index (κ2) is 3.07. The van der Waals surface area contributed by atoms with Gasteiger partial charge in [0, 0.05) is 12.2 Å². The fourth-order valence-electron chi connectivity index (χ4n) is 1.49. The Balaban J connectivity index is 3.07. The summed E-state index contributed by atoms with van der Waals surface area (Å²) in [6, 6.07) is 0. The summed E-state index contributed by atoms with van der Waals surface area (Å²) in [7, 11) is 0. The van der Waals surface area contributed by atoms with Crippen LogP contribution in [0.5, 0.6) is 0 Å². The third-order valence-electron chi connectivity index (χ3n) is 1.92. The van der Waals surface area contributed by atoms with Gasteiger partial charge in [-0.1, -0.05) is 13.8 Å². The highest BCUT2D eigenvalue weighted by Gasteiger charge is 2.08. The van der Waals surface area contributed by atoms with Gasteiger partial charge in [-0.05, 0) is 25.3 Å². The predicted octanol–water partition coefficient (Wildman–Crippen LogP) is 2.33. The Bertz CT molecular complexity index is 236. The summed E-state index contributed by atoms with van der Waals surface area (Å²) in [6.07, 6.45) is 1.94. The minimum Gasteiger partial charge on any atom is -0.269 e. The van der Waals surface area contributed by atoms with Crippen LogP contribution in [0.1, 0.15) is 37.9 Å². The first-order valence-electron chi connectivity index (χ1n) is 4.19. The molecule has 1 aromatic heterocycles. The lowest BCUT2D eigenvalue weighted by molar-refractivity contribution is 0.596. The van der Waals surface area contributed by atoms with Gasteiger partial charge >= 0.3 is 0 Å². The zero-order valence-electron chi connectivity index (χ0n) is 7.76. The van der Waals surface area contributed by atoms with E-state index >= 15 is 0 Å². The third kappa shape index (κ3) is 1.44. The summed E-state index contributed by atoms with van der Waals surface area (Å²) < 4.78 is 2.07. The maximum atomic E-state index is 4.27. The molecule has 0 aliphatic rings. The summed E-state index contributed by atoms with van der Waals surface area (Å²) in [6.45, 7) is 9.63. The van der Waals surface area contributed by atoms with Crippen LogP contribution in [0.4, 0.5) is 0 Å². The van der Waals surface area contributed by atoms with Gasteiger partial charge in [-0.2, -0.15) is 5.10 Å². The van der Waals surface area contributed by atoms with Gasteiger partial charge in [0.05, 0.1) is 6.20 Å². The highest BCUT2D eigenvalue weighted by atomic mass is 15.3. The minimum atomic E-state index is 0.581. The number of nitrogens with zero attached hydrogens (tertiary/aromatic N) is 2. The van der Waals surface area contributed by atoms with Gasteiger partial charge < -0.3 is 0 Å². The van der Waals surface area contributed by atoms with Crippen molar-refractivity contribution in [2.75, 3.05) is 0 Å². The van der Waals surface area contributed by atoms with Gasteiger partial charge in [0.1, 0.15) is 0 Å². The lowest BCUT2D eigenvalue weighted by Crippen LogP contribution is -2.04. The molecule has 0 atom stereocenters. The number of rotatable bonds is 2. The number of hydrogen-bond donors (Lipinski definition) is 0. The van der Waals surface area contributed by atoms with Crippen LogP contribution >= 0.6 is 0 Å². The van der Waals surface area contributed by atoms with E-state index in [0.29, 0.717) is 5.92 Å². The number of aryl methyl sites for hydroxylation is 2. The fourth-order valence-corrected chi connectivity index (χ4v) is 1.49. The average molecular weight is 152 g/mol. The fraction of sp³-hybridized carbons (Fsp3) is 0.667. The van der Waals surface area contributed by atoms with E-state index < -0.39 is 0 Å². The average Bonchev–Trinajstić information content (AvgIpc) is 2.30. The van der Waals surface area contributed by atoms with Gasteiger partial charge in [0.15, 0.2) is 0 Å². The molecule has 1 rings (SSSR count). The Kier molecular flexibility index (Phi) is 2.32. The van der Waals surface area contributed by atoms with Crippen molar-refractivity contribution in [2.24, 2.45) is 0 Å². The topological polar surface area (TPSA) is 17.8 Å². The zero-order chi connectivity index (χ0) is 8.43. The maximum absolute atomic E-state index is 4.27. The summed E-state index contributed by atoms with van der Waals surface area (Å²) >= 11 is 0. The van der Waals surface area contributed by atoms with Gasteiger partial charge in [-0.15, -0.1) is 0 Å². The van der Waals surface area contributed by atoms with E-state index in [1.54, 1.807) is 0 Å². The molecule has 1 heterocycles. The van der Waals surface area contributed by atoms with E-state index in [1.165, 1.54) is 11.3 Å². The van der Waals surface area contributed by atoms with E-state index in [2.05, 4.69) is 37.5 Å². The molecule has 0 fully saturated rings. The van der Waals surface area contributed by atoms with Crippen molar-refractivity contribution in [3.05, 3.63) is 17.5 Å². The van der Waals surface area contributed by atoms with E-state index in [9.17, 15) is 0 Å². The van der Waals surface area contributed by atoms with E-state index in [4.69, 9.17) is 0 Å². The first kappa shape index (κ1) is 8.31. The van der Waals surface area contributed by atoms with Crippen molar-refractivity contribution in [3.8, 4) is 0 Å². The summed E-state index contributed by atoms with van der Waals surface area (Å²) in [5, 5.41) is 4.27. The highest BCUT2D eigenvalue weighted by Crippen LogP contribution is 2.17. The second-order valence-electron chi connectivity index (χ2n) is 3.18. The van der Waals surface area contributed by atoms with Crippen LogP contribution in [0.3, 0.4) is 0 Å². The van der Waals surface area contributed by atoms with Gasteiger partial charge in [-0.3, -0.25) is 4.68 Å². The van der Waals surface area contributed by atoms with Crippen LogP contribution in [0, 0.1) is 6.92 Å². The van der Waals surface area contributed by atoms with E-state index in [1.807, 2.05) is 6.20 Å². The number of hydrogen-bond acceptors (Lipinski definition) is 1. The standard InChI is InChI=1S/C9H16N2/c1-5-11-9(7(2)3)8(4)6-10-11/h6-7H,5H2,1-4H3. The zero-order valence-corrected chi connectivity index (χ0v) is 7.76. The van der Waals surface area contributed by atoms with Gasteiger partial charge in [0.2, 0.25) is 0 Å². The molecule has 62 valence electrons. The monoisotopic (exact) mass is 152 g/mol. The molecule has 0 amide bonds. The Hall–Kier alpha value is -0.790. The molecule has 0 radical (unpaired) electrons. The van der Waals surface area contributed by atoms with Crippen molar-refractivity contribution in [1.29, 1.82) is 0 Å². The maximum Gasteiger partial charge on any atom is 0.0521 e. The van der Waals surface area contributed by atoms with Gasteiger partial charge in [-0.25, -0.2) is 0 Å². The molecule has 0 unspecified atom stereocenters. The lowest BCUT2D eigenvalue weighted by Gasteiger charge is -2.08. The SMILES string of the molecule is CCn1ncc(C)c1C(C)C. The summed E-state index contributed by atoms with van der Waals surface area (Å²) in [5.74, 6) is 0.581. The normalized spacial score (nSPS) is 11.0. The van der Waals surface area contributed by atoms with Crippen LogP contribution in [-0.4, -0.2) is 9.78 Å². The van der Waals surface area contributed by atoms with Crippen molar-refractivity contribution >= 4 is 0 Å². The molecule has 0 aliphatic carbocycles. The molecule has 0 aliphatic heterocycles. The van der Waals surface area contributed by atoms with Gasteiger partial charge in [0.25, 0.3) is 0 Å². The molecule has 0 N–H and O–H groups in total. The lowest BCUT2D eigenvalue weighted by atomic mass is 10.1. The number of aromatic nitrogens is 2. The van der Waals surface area contributed by atoms with Crippen LogP contribution in [0.25, 0.3) is 0 Å². The Morgan fingerprint density at radius 1 is 1.55 bits per heavy atom.